The highest BCUT2D eigenvalue weighted by Crippen LogP contribution is 2.35. The topological polar surface area (TPSA) is 33.3 Å². The highest BCUT2D eigenvalue weighted by Gasteiger charge is 2.27. The van der Waals surface area contributed by atoms with Crippen molar-refractivity contribution in [3.05, 3.63) is 28.3 Å². The number of aryl methyl sites for hydroxylation is 1. The Morgan fingerprint density at radius 2 is 2.05 bits per heavy atom. The summed E-state index contributed by atoms with van der Waals surface area (Å²) in [5.41, 5.74) is 5.27. The average molecular weight is 262 g/mol. The van der Waals surface area contributed by atoms with Crippen LogP contribution in [0.25, 0.3) is 0 Å². The van der Waals surface area contributed by atoms with E-state index in [1.54, 1.807) is 7.11 Å². The molecule has 0 amide bonds. The lowest BCUT2D eigenvalue weighted by atomic mass is 9.86. The molecule has 1 saturated heterocycles. The molecule has 1 aromatic carbocycles. The van der Waals surface area contributed by atoms with Gasteiger partial charge < -0.3 is 15.4 Å². The third-order valence-electron chi connectivity index (χ3n) is 4.49. The van der Waals surface area contributed by atoms with Crippen molar-refractivity contribution in [2.45, 2.75) is 33.2 Å². The Morgan fingerprint density at radius 1 is 1.32 bits per heavy atom. The molecule has 2 N–H and O–H groups in total. The summed E-state index contributed by atoms with van der Waals surface area (Å²) in [6, 6.07) is 2.72. The molecule has 0 aliphatic carbocycles. The average Bonchev–Trinajstić information content (AvgIpc) is 2.90. The van der Waals surface area contributed by atoms with Gasteiger partial charge in [0, 0.05) is 6.04 Å². The van der Waals surface area contributed by atoms with Gasteiger partial charge in [-0.15, -0.1) is 0 Å². The molecule has 1 fully saturated rings. The molecule has 2 atom stereocenters. The number of hydrogen-bond donors (Lipinski definition) is 2. The van der Waals surface area contributed by atoms with Crippen LogP contribution in [-0.4, -0.2) is 27.2 Å². The van der Waals surface area contributed by atoms with Gasteiger partial charge in [0.15, 0.2) is 0 Å². The minimum Gasteiger partial charge on any atom is -0.496 e. The van der Waals surface area contributed by atoms with Crippen LogP contribution in [0.4, 0.5) is 0 Å². The molecule has 0 spiro atoms. The Morgan fingerprint density at radius 3 is 2.58 bits per heavy atom. The maximum atomic E-state index is 5.52. The number of ether oxygens (including phenoxy) is 1. The first kappa shape index (κ1) is 14.4. The SMILES string of the molecule is CNC(c1cc(C)c(OC)c(C)c1C)C1CCNC1. The predicted molar refractivity (Wildman–Crippen MR) is 80.0 cm³/mol. The molecule has 3 nitrogen and oxygen atoms in total. The quantitative estimate of drug-likeness (QED) is 0.874. The second-order valence-electron chi connectivity index (χ2n) is 5.59. The van der Waals surface area contributed by atoms with Gasteiger partial charge in [-0.05, 0) is 75.5 Å². The standard InChI is InChI=1S/C16H26N2O/c1-10-8-14(11(2)12(3)16(10)19-5)15(17-4)13-6-7-18-9-13/h8,13,15,17-18H,6-7,9H2,1-5H3. The molecular weight excluding hydrogens is 236 g/mol. The molecule has 3 heteroatoms. The number of benzene rings is 1. The molecule has 2 unspecified atom stereocenters. The maximum Gasteiger partial charge on any atom is 0.124 e. The molecule has 0 aromatic heterocycles. The molecule has 106 valence electrons. The summed E-state index contributed by atoms with van der Waals surface area (Å²) in [7, 11) is 3.82. The molecule has 19 heavy (non-hydrogen) atoms. The zero-order chi connectivity index (χ0) is 14.0. The molecular formula is C16H26N2O. The Bertz CT molecular complexity index is 451. The van der Waals surface area contributed by atoms with Crippen LogP contribution in [0.1, 0.15) is 34.7 Å². The normalized spacial score (nSPS) is 20.6. The minimum atomic E-state index is 0.429. The minimum absolute atomic E-state index is 0.429. The van der Waals surface area contributed by atoms with E-state index in [0.29, 0.717) is 12.0 Å². The van der Waals surface area contributed by atoms with E-state index in [4.69, 9.17) is 4.74 Å². The van der Waals surface area contributed by atoms with Gasteiger partial charge in [0.2, 0.25) is 0 Å². The highest BCUT2D eigenvalue weighted by atomic mass is 16.5. The Balaban J connectivity index is 2.42. The van der Waals surface area contributed by atoms with Crippen LogP contribution in [0.5, 0.6) is 5.75 Å². The van der Waals surface area contributed by atoms with Crippen molar-refractivity contribution in [1.29, 1.82) is 0 Å². The van der Waals surface area contributed by atoms with Gasteiger partial charge in [-0.3, -0.25) is 0 Å². The predicted octanol–water partition coefficient (Wildman–Crippen LogP) is 2.49. The number of methoxy groups -OCH3 is 1. The van der Waals surface area contributed by atoms with Gasteiger partial charge in [0.25, 0.3) is 0 Å². The van der Waals surface area contributed by atoms with E-state index in [2.05, 4.69) is 44.5 Å². The molecule has 0 saturated carbocycles. The fourth-order valence-corrected chi connectivity index (χ4v) is 3.33. The van der Waals surface area contributed by atoms with Gasteiger partial charge in [-0.1, -0.05) is 6.07 Å². The van der Waals surface area contributed by atoms with E-state index >= 15 is 0 Å². The molecule has 2 rings (SSSR count). The van der Waals surface area contributed by atoms with Crippen molar-refractivity contribution < 1.29 is 4.74 Å². The van der Waals surface area contributed by atoms with Gasteiger partial charge in [0.1, 0.15) is 5.75 Å². The number of hydrogen-bond acceptors (Lipinski definition) is 3. The molecule has 1 heterocycles. The Hall–Kier alpha value is -1.06. The van der Waals surface area contributed by atoms with Crippen LogP contribution in [0.3, 0.4) is 0 Å². The maximum absolute atomic E-state index is 5.52. The van der Waals surface area contributed by atoms with Crippen LogP contribution in [0.15, 0.2) is 6.07 Å². The second-order valence-corrected chi connectivity index (χ2v) is 5.59. The Labute approximate surface area is 116 Å². The van der Waals surface area contributed by atoms with Crippen LogP contribution in [-0.2, 0) is 0 Å². The van der Waals surface area contributed by atoms with Crippen molar-refractivity contribution in [1.82, 2.24) is 10.6 Å². The first-order valence-electron chi connectivity index (χ1n) is 7.12. The van der Waals surface area contributed by atoms with Crippen molar-refractivity contribution >= 4 is 0 Å². The number of rotatable bonds is 4. The van der Waals surface area contributed by atoms with Crippen molar-refractivity contribution in [2.75, 3.05) is 27.2 Å². The molecule has 1 aliphatic rings. The molecule has 0 bridgehead atoms. The fraction of sp³-hybridized carbons (Fsp3) is 0.625. The zero-order valence-corrected chi connectivity index (χ0v) is 12.8. The Kier molecular flexibility index (Phi) is 4.48. The molecule has 1 aromatic rings. The van der Waals surface area contributed by atoms with Gasteiger partial charge in [0.05, 0.1) is 7.11 Å². The van der Waals surface area contributed by atoms with E-state index in [-0.39, 0.29) is 0 Å². The second kappa shape index (κ2) is 5.93. The summed E-state index contributed by atoms with van der Waals surface area (Å²) in [5, 5.41) is 6.98. The van der Waals surface area contributed by atoms with Crippen LogP contribution in [0.2, 0.25) is 0 Å². The summed E-state index contributed by atoms with van der Waals surface area (Å²) in [6.45, 7) is 8.74. The van der Waals surface area contributed by atoms with E-state index in [9.17, 15) is 0 Å². The number of nitrogens with one attached hydrogen (secondary N) is 2. The van der Waals surface area contributed by atoms with Crippen molar-refractivity contribution in [3.63, 3.8) is 0 Å². The van der Waals surface area contributed by atoms with Gasteiger partial charge in [-0.2, -0.15) is 0 Å². The van der Waals surface area contributed by atoms with Crippen LogP contribution < -0.4 is 15.4 Å². The third-order valence-corrected chi connectivity index (χ3v) is 4.49. The van der Waals surface area contributed by atoms with Gasteiger partial charge >= 0.3 is 0 Å². The molecule has 1 aliphatic heterocycles. The molecule has 0 radical (unpaired) electrons. The van der Waals surface area contributed by atoms with E-state index in [0.717, 1.165) is 18.8 Å². The van der Waals surface area contributed by atoms with Crippen LogP contribution >= 0.6 is 0 Å². The highest BCUT2D eigenvalue weighted by molar-refractivity contribution is 5.50. The smallest absolute Gasteiger partial charge is 0.124 e. The van der Waals surface area contributed by atoms with E-state index in [1.165, 1.54) is 28.7 Å². The monoisotopic (exact) mass is 262 g/mol. The summed E-state index contributed by atoms with van der Waals surface area (Å²) in [5.74, 6) is 1.71. The largest absolute Gasteiger partial charge is 0.496 e. The van der Waals surface area contributed by atoms with E-state index in [1.807, 2.05) is 0 Å². The summed E-state index contributed by atoms with van der Waals surface area (Å²) in [6.07, 6.45) is 1.25. The third kappa shape index (κ3) is 2.63. The lowest BCUT2D eigenvalue weighted by Crippen LogP contribution is -2.28. The summed E-state index contributed by atoms with van der Waals surface area (Å²) in [4.78, 5) is 0. The van der Waals surface area contributed by atoms with Crippen LogP contribution in [0, 0.1) is 26.7 Å². The van der Waals surface area contributed by atoms with Crippen molar-refractivity contribution in [3.8, 4) is 5.75 Å². The summed E-state index contributed by atoms with van der Waals surface area (Å²) < 4.78 is 5.52. The lowest BCUT2D eigenvalue weighted by Gasteiger charge is -2.27. The van der Waals surface area contributed by atoms with Crippen molar-refractivity contribution in [2.24, 2.45) is 5.92 Å². The fourth-order valence-electron chi connectivity index (χ4n) is 3.33. The first-order chi connectivity index (χ1) is 9.10. The summed E-state index contributed by atoms with van der Waals surface area (Å²) >= 11 is 0. The first-order valence-corrected chi connectivity index (χ1v) is 7.12. The van der Waals surface area contributed by atoms with Gasteiger partial charge in [-0.25, -0.2) is 0 Å². The lowest BCUT2D eigenvalue weighted by molar-refractivity contribution is 0.398. The zero-order valence-electron chi connectivity index (χ0n) is 12.8. The van der Waals surface area contributed by atoms with E-state index < -0.39 is 0 Å².